The minimum atomic E-state index is -0.643. The fourth-order valence-electron chi connectivity index (χ4n) is 4.63. The average molecular weight is 509 g/mol. The molecule has 1 fully saturated rings. The van der Waals surface area contributed by atoms with Crippen molar-refractivity contribution >= 4 is 23.2 Å². The van der Waals surface area contributed by atoms with E-state index in [9.17, 15) is 14.0 Å². The molecule has 2 atom stereocenters. The zero-order valence-corrected chi connectivity index (χ0v) is 21.1. The molecule has 0 radical (unpaired) electrons. The number of amides is 2. The van der Waals surface area contributed by atoms with E-state index in [0.717, 1.165) is 5.56 Å². The van der Waals surface area contributed by atoms with Crippen molar-refractivity contribution in [2.45, 2.75) is 18.9 Å². The fraction of sp³-hybridized carbons (Fsp3) is 0.286. The lowest BCUT2D eigenvalue weighted by molar-refractivity contribution is -0.125. The number of nitrogens with one attached hydrogen (secondary N) is 1. The number of hydrogen-bond donors (Lipinski definition) is 1. The molecule has 8 nitrogen and oxygen atoms in total. The molecule has 0 saturated carbocycles. The van der Waals surface area contributed by atoms with Gasteiger partial charge in [-0.2, -0.15) is 0 Å². The fourth-order valence-corrected chi connectivity index (χ4v) is 4.63. The van der Waals surface area contributed by atoms with Crippen molar-refractivity contribution in [3.63, 3.8) is 0 Å². The van der Waals surface area contributed by atoms with Crippen LogP contribution in [0.25, 0.3) is 0 Å². The lowest BCUT2D eigenvalue weighted by Gasteiger charge is -2.41. The van der Waals surface area contributed by atoms with Gasteiger partial charge in [0, 0.05) is 24.2 Å². The van der Waals surface area contributed by atoms with Crippen molar-refractivity contribution in [3.05, 3.63) is 72.0 Å². The third-order valence-electron chi connectivity index (χ3n) is 6.43. The van der Waals surface area contributed by atoms with E-state index in [1.807, 2.05) is 12.1 Å². The van der Waals surface area contributed by atoms with Crippen molar-refractivity contribution in [1.82, 2.24) is 0 Å². The highest BCUT2D eigenvalue weighted by atomic mass is 19.1. The topological polar surface area (TPSA) is 86.3 Å². The number of halogens is 1. The molecule has 0 unspecified atom stereocenters. The third kappa shape index (κ3) is 5.30. The van der Waals surface area contributed by atoms with Gasteiger partial charge in [0.1, 0.15) is 11.6 Å². The first kappa shape index (κ1) is 25.8. The van der Waals surface area contributed by atoms with Gasteiger partial charge < -0.3 is 29.2 Å². The minimum Gasteiger partial charge on any atom is -0.497 e. The van der Waals surface area contributed by atoms with Crippen LogP contribution in [0.3, 0.4) is 0 Å². The summed E-state index contributed by atoms with van der Waals surface area (Å²) in [6.07, 6.45) is 0.494. The lowest BCUT2D eigenvalue weighted by Crippen LogP contribution is -2.47. The van der Waals surface area contributed by atoms with Crippen LogP contribution in [0.4, 0.5) is 15.8 Å². The van der Waals surface area contributed by atoms with E-state index in [1.165, 1.54) is 45.6 Å². The number of methoxy groups -OCH3 is 4. The summed E-state index contributed by atoms with van der Waals surface area (Å²) in [5.41, 5.74) is 1.72. The summed E-state index contributed by atoms with van der Waals surface area (Å²) >= 11 is 0. The number of carbonyl (C=O) groups excluding carboxylic acids is 2. The van der Waals surface area contributed by atoms with Crippen LogP contribution in [0, 0.1) is 11.7 Å². The Bertz CT molecular complexity index is 1240. The zero-order valence-electron chi connectivity index (χ0n) is 21.1. The maximum absolute atomic E-state index is 13.6. The maximum Gasteiger partial charge on any atom is 0.229 e. The predicted octanol–water partition coefficient (Wildman–Crippen LogP) is 4.98. The Morgan fingerprint density at radius 2 is 1.51 bits per heavy atom. The van der Waals surface area contributed by atoms with E-state index in [1.54, 1.807) is 36.3 Å². The van der Waals surface area contributed by atoms with Gasteiger partial charge in [0.15, 0.2) is 11.5 Å². The highest BCUT2D eigenvalue weighted by Crippen LogP contribution is 2.46. The maximum atomic E-state index is 13.6. The summed E-state index contributed by atoms with van der Waals surface area (Å²) in [7, 11) is 6.07. The number of nitrogens with zero attached hydrogens (tertiary/aromatic N) is 1. The van der Waals surface area contributed by atoms with Gasteiger partial charge in [0.25, 0.3) is 0 Å². The molecule has 1 saturated heterocycles. The molecule has 3 aromatic rings. The molecule has 2 amide bonds. The molecule has 0 aromatic heterocycles. The number of ether oxygens (including phenoxy) is 4. The molecule has 3 aromatic carbocycles. The normalized spacial score (nSPS) is 17.2. The Morgan fingerprint density at radius 1 is 0.892 bits per heavy atom. The highest BCUT2D eigenvalue weighted by molar-refractivity contribution is 6.00. The first-order valence-corrected chi connectivity index (χ1v) is 11.7. The van der Waals surface area contributed by atoms with Gasteiger partial charge in [-0.25, -0.2) is 4.39 Å². The second kappa shape index (κ2) is 11.2. The molecule has 1 aliphatic heterocycles. The van der Waals surface area contributed by atoms with E-state index in [-0.39, 0.29) is 18.2 Å². The molecule has 0 aliphatic carbocycles. The molecule has 9 heteroatoms. The van der Waals surface area contributed by atoms with Crippen LogP contribution in [-0.2, 0) is 9.59 Å². The summed E-state index contributed by atoms with van der Waals surface area (Å²) < 4.78 is 35.1. The second-order valence-corrected chi connectivity index (χ2v) is 8.51. The Hall–Kier alpha value is -4.27. The third-order valence-corrected chi connectivity index (χ3v) is 6.43. The number of piperidine rings is 1. The largest absolute Gasteiger partial charge is 0.497 e. The van der Waals surface area contributed by atoms with Crippen LogP contribution >= 0.6 is 0 Å². The van der Waals surface area contributed by atoms with E-state index in [0.29, 0.717) is 40.8 Å². The van der Waals surface area contributed by atoms with E-state index in [4.69, 9.17) is 18.9 Å². The lowest BCUT2D eigenvalue weighted by atomic mass is 9.83. The molecule has 1 N–H and O–H groups in total. The predicted molar refractivity (Wildman–Crippen MR) is 137 cm³/mol. The molecule has 4 rings (SSSR count). The van der Waals surface area contributed by atoms with Crippen molar-refractivity contribution in [2.24, 2.45) is 5.92 Å². The van der Waals surface area contributed by atoms with Gasteiger partial charge in [-0.3, -0.25) is 9.59 Å². The van der Waals surface area contributed by atoms with E-state index >= 15 is 0 Å². The molecule has 1 heterocycles. The minimum absolute atomic E-state index is 0.152. The van der Waals surface area contributed by atoms with Gasteiger partial charge in [0.2, 0.25) is 17.6 Å². The van der Waals surface area contributed by atoms with Crippen molar-refractivity contribution in [3.8, 4) is 23.0 Å². The van der Waals surface area contributed by atoms with Crippen molar-refractivity contribution < 1.29 is 32.9 Å². The van der Waals surface area contributed by atoms with E-state index < -0.39 is 17.8 Å². The Morgan fingerprint density at radius 3 is 2.05 bits per heavy atom. The summed E-state index contributed by atoms with van der Waals surface area (Å²) in [6, 6.07) is 15.6. The Kier molecular flexibility index (Phi) is 7.81. The van der Waals surface area contributed by atoms with Crippen molar-refractivity contribution in [2.75, 3.05) is 38.7 Å². The van der Waals surface area contributed by atoms with Gasteiger partial charge in [-0.1, -0.05) is 12.1 Å². The summed E-state index contributed by atoms with van der Waals surface area (Å²) in [5.74, 6) is 0.383. The van der Waals surface area contributed by atoms with Gasteiger partial charge >= 0.3 is 0 Å². The van der Waals surface area contributed by atoms with Crippen LogP contribution < -0.4 is 29.2 Å². The standard InChI is InChI=1S/C28H29FN2O6/c1-34-21-11-5-17(6-12-21)26-22(28(33)30-19-9-7-18(29)8-10-19)13-14-25(32)31(26)20-15-23(35-2)27(37-4)24(16-20)36-3/h5-12,15-16,22,26H,13-14H2,1-4H3,(H,30,33)/t22-,26+/m1/s1. The molecule has 0 spiro atoms. The quantitative estimate of drug-likeness (QED) is 0.462. The molecular weight excluding hydrogens is 479 g/mol. The molecular formula is C28H29FN2O6. The van der Waals surface area contributed by atoms with Crippen LogP contribution in [0.5, 0.6) is 23.0 Å². The molecule has 37 heavy (non-hydrogen) atoms. The van der Waals surface area contributed by atoms with Crippen molar-refractivity contribution in [1.29, 1.82) is 0 Å². The summed E-state index contributed by atoms with van der Waals surface area (Å²) in [4.78, 5) is 28.6. The molecule has 194 valence electrons. The highest BCUT2D eigenvalue weighted by Gasteiger charge is 2.42. The number of hydrogen-bond acceptors (Lipinski definition) is 6. The van der Waals surface area contributed by atoms with E-state index in [2.05, 4.69) is 5.32 Å². The Labute approximate surface area is 214 Å². The first-order chi connectivity index (χ1) is 17.9. The number of anilines is 2. The number of rotatable bonds is 8. The van der Waals surface area contributed by atoms with Crippen LogP contribution in [-0.4, -0.2) is 40.3 Å². The SMILES string of the molecule is COc1ccc([C@H]2[C@H](C(=O)Nc3ccc(F)cc3)CCC(=O)N2c2cc(OC)c(OC)c(OC)c2)cc1. The summed E-state index contributed by atoms with van der Waals surface area (Å²) in [6.45, 7) is 0. The smallest absolute Gasteiger partial charge is 0.229 e. The first-order valence-electron chi connectivity index (χ1n) is 11.7. The van der Waals surface area contributed by atoms with Gasteiger partial charge in [-0.15, -0.1) is 0 Å². The summed E-state index contributed by atoms with van der Waals surface area (Å²) in [5, 5.41) is 2.87. The number of benzene rings is 3. The monoisotopic (exact) mass is 508 g/mol. The molecule has 1 aliphatic rings. The van der Waals surface area contributed by atoms with Crippen LogP contribution in [0.15, 0.2) is 60.7 Å². The molecule has 0 bridgehead atoms. The number of carbonyl (C=O) groups is 2. The average Bonchev–Trinajstić information content (AvgIpc) is 2.93. The van der Waals surface area contributed by atoms with Gasteiger partial charge in [0.05, 0.1) is 46.1 Å². The Balaban J connectivity index is 1.81. The van der Waals surface area contributed by atoms with Crippen LogP contribution in [0.1, 0.15) is 24.4 Å². The van der Waals surface area contributed by atoms with Crippen LogP contribution in [0.2, 0.25) is 0 Å². The zero-order chi connectivity index (χ0) is 26.5. The van der Waals surface area contributed by atoms with Gasteiger partial charge in [-0.05, 0) is 48.4 Å². The second-order valence-electron chi connectivity index (χ2n) is 8.51.